The van der Waals surface area contributed by atoms with Gasteiger partial charge in [-0.15, -0.1) is 0 Å². The number of rotatable bonds is 5. The van der Waals surface area contributed by atoms with Gasteiger partial charge in [-0.1, -0.05) is 12.1 Å². The van der Waals surface area contributed by atoms with Crippen LogP contribution in [0.5, 0.6) is 0 Å². The van der Waals surface area contributed by atoms with Crippen LogP contribution < -0.4 is 4.90 Å². The molecule has 4 aromatic rings. The molecule has 3 aromatic heterocycles. The topological polar surface area (TPSA) is 82.2 Å². The number of amides is 2. The first-order valence-electron chi connectivity index (χ1n) is 12.1. The zero-order valence-corrected chi connectivity index (χ0v) is 19.9. The van der Waals surface area contributed by atoms with E-state index in [1.807, 2.05) is 47.6 Å². The molecular formula is C28H27N5O2. The standard InChI is InChI=1S/C28H27N5O2/c1-32(2)28(35)21-13-23-25(26(18-5-6-18)31-27(23)30-16-21)20-12-19(14-29-15-20)17-7-9-22(10-8-17)33-11-3-4-24(33)34/h7-10,12-16,18H,3-6,11H2,1-2H3,(H,30,31). The number of carbonyl (C=O) groups is 2. The second kappa shape index (κ2) is 8.34. The summed E-state index contributed by atoms with van der Waals surface area (Å²) in [6.07, 6.45) is 9.22. The number of carbonyl (C=O) groups excluding carboxylic acids is 2. The van der Waals surface area contributed by atoms with Gasteiger partial charge < -0.3 is 14.8 Å². The largest absolute Gasteiger partial charge is 0.345 e. The molecule has 0 unspecified atom stereocenters. The lowest BCUT2D eigenvalue weighted by atomic mass is 9.98. The summed E-state index contributed by atoms with van der Waals surface area (Å²) in [7, 11) is 3.50. The Kier molecular flexibility index (Phi) is 5.13. The summed E-state index contributed by atoms with van der Waals surface area (Å²) >= 11 is 0. The van der Waals surface area contributed by atoms with E-state index >= 15 is 0 Å². The van der Waals surface area contributed by atoms with Crippen molar-refractivity contribution in [2.75, 3.05) is 25.5 Å². The number of H-pyrrole nitrogens is 1. The Morgan fingerprint density at radius 3 is 2.49 bits per heavy atom. The molecule has 2 amide bonds. The lowest BCUT2D eigenvalue weighted by molar-refractivity contribution is -0.117. The van der Waals surface area contributed by atoms with Gasteiger partial charge in [-0.25, -0.2) is 4.98 Å². The number of nitrogens with one attached hydrogen (secondary N) is 1. The van der Waals surface area contributed by atoms with E-state index in [0.717, 1.165) is 64.8 Å². The predicted octanol–water partition coefficient (Wildman–Crippen LogP) is 5.00. The fourth-order valence-corrected chi connectivity index (χ4v) is 4.94. The van der Waals surface area contributed by atoms with Crippen molar-refractivity contribution in [2.45, 2.75) is 31.6 Å². The van der Waals surface area contributed by atoms with Crippen LogP contribution in [0.2, 0.25) is 0 Å². The van der Waals surface area contributed by atoms with Crippen LogP contribution in [-0.2, 0) is 4.79 Å². The van der Waals surface area contributed by atoms with Crippen LogP contribution in [0.1, 0.15) is 47.7 Å². The van der Waals surface area contributed by atoms with Crippen molar-refractivity contribution in [1.29, 1.82) is 0 Å². The van der Waals surface area contributed by atoms with Gasteiger partial charge >= 0.3 is 0 Å². The van der Waals surface area contributed by atoms with Crippen molar-refractivity contribution in [1.82, 2.24) is 19.9 Å². The first kappa shape index (κ1) is 21.5. The van der Waals surface area contributed by atoms with E-state index in [1.165, 1.54) is 5.69 Å². The molecule has 1 saturated heterocycles. The summed E-state index contributed by atoms with van der Waals surface area (Å²) in [4.78, 5) is 40.8. The molecule has 0 radical (unpaired) electrons. The third-order valence-corrected chi connectivity index (χ3v) is 6.93. The highest BCUT2D eigenvalue weighted by molar-refractivity contribution is 6.02. The summed E-state index contributed by atoms with van der Waals surface area (Å²) in [5.41, 5.74) is 7.61. The summed E-state index contributed by atoms with van der Waals surface area (Å²) in [5.74, 6) is 0.602. The number of pyridine rings is 2. The van der Waals surface area contributed by atoms with Crippen molar-refractivity contribution >= 4 is 28.5 Å². The third kappa shape index (κ3) is 3.87. The Hall–Kier alpha value is -4.00. The summed E-state index contributed by atoms with van der Waals surface area (Å²) in [5, 5.41) is 0.946. The van der Waals surface area contributed by atoms with Gasteiger partial charge in [-0.3, -0.25) is 14.6 Å². The van der Waals surface area contributed by atoms with Gasteiger partial charge in [-0.2, -0.15) is 0 Å². The highest BCUT2D eigenvalue weighted by Crippen LogP contribution is 2.46. The van der Waals surface area contributed by atoms with E-state index in [-0.39, 0.29) is 11.8 Å². The Morgan fingerprint density at radius 2 is 1.80 bits per heavy atom. The molecule has 4 heterocycles. The van der Waals surface area contributed by atoms with Crippen molar-refractivity contribution in [3.63, 3.8) is 0 Å². The zero-order chi connectivity index (χ0) is 24.1. The number of hydrogen-bond acceptors (Lipinski definition) is 4. The highest BCUT2D eigenvalue weighted by atomic mass is 16.2. The molecule has 0 atom stereocenters. The summed E-state index contributed by atoms with van der Waals surface area (Å²) < 4.78 is 0. The Labute approximate surface area is 203 Å². The van der Waals surface area contributed by atoms with Gasteiger partial charge in [0.1, 0.15) is 5.65 Å². The number of aromatic nitrogens is 3. The zero-order valence-electron chi connectivity index (χ0n) is 19.9. The van der Waals surface area contributed by atoms with Gasteiger partial charge in [0.2, 0.25) is 5.91 Å². The maximum absolute atomic E-state index is 12.6. The Morgan fingerprint density at radius 1 is 1.03 bits per heavy atom. The molecule has 0 bridgehead atoms. The molecule has 1 N–H and O–H groups in total. The van der Waals surface area contributed by atoms with Crippen LogP contribution >= 0.6 is 0 Å². The minimum Gasteiger partial charge on any atom is -0.345 e. The number of benzene rings is 1. The minimum atomic E-state index is -0.0667. The Balaban J connectivity index is 1.41. The third-order valence-electron chi connectivity index (χ3n) is 6.93. The normalized spacial score (nSPS) is 15.7. The monoisotopic (exact) mass is 465 g/mol. The quantitative estimate of drug-likeness (QED) is 0.450. The first-order valence-corrected chi connectivity index (χ1v) is 12.1. The van der Waals surface area contributed by atoms with E-state index in [1.54, 1.807) is 25.2 Å². The van der Waals surface area contributed by atoms with Gasteiger partial charge in [0.15, 0.2) is 0 Å². The molecule has 1 aliphatic heterocycles. The molecular weight excluding hydrogens is 438 g/mol. The van der Waals surface area contributed by atoms with Crippen molar-refractivity contribution in [3.8, 4) is 22.3 Å². The average Bonchev–Trinajstić information content (AvgIpc) is 3.53. The van der Waals surface area contributed by atoms with Crippen LogP contribution in [0, 0.1) is 0 Å². The molecule has 176 valence electrons. The summed E-state index contributed by atoms with van der Waals surface area (Å²) in [6.45, 7) is 0.784. The lowest BCUT2D eigenvalue weighted by Gasteiger charge is -2.16. The molecule has 7 nitrogen and oxygen atoms in total. The second-order valence-corrected chi connectivity index (χ2v) is 9.67. The highest BCUT2D eigenvalue weighted by Gasteiger charge is 2.30. The SMILES string of the molecule is CN(C)C(=O)c1cnc2[nH]c(C3CC3)c(-c3cncc(-c4ccc(N5CCCC5=O)cc4)c3)c2c1. The maximum atomic E-state index is 12.6. The van der Waals surface area contributed by atoms with E-state index in [9.17, 15) is 9.59 Å². The Bertz CT molecular complexity index is 1450. The number of hydrogen-bond donors (Lipinski definition) is 1. The van der Waals surface area contributed by atoms with Gasteiger partial charge in [0, 0.05) is 79.1 Å². The number of aromatic amines is 1. The van der Waals surface area contributed by atoms with Crippen molar-refractivity contribution < 1.29 is 9.59 Å². The molecule has 0 spiro atoms. The van der Waals surface area contributed by atoms with Gasteiger partial charge in [0.25, 0.3) is 5.91 Å². The lowest BCUT2D eigenvalue weighted by Crippen LogP contribution is -2.23. The molecule has 35 heavy (non-hydrogen) atoms. The van der Waals surface area contributed by atoms with E-state index in [4.69, 9.17) is 0 Å². The molecule has 6 rings (SSSR count). The van der Waals surface area contributed by atoms with E-state index in [0.29, 0.717) is 17.9 Å². The second-order valence-electron chi connectivity index (χ2n) is 9.67. The minimum absolute atomic E-state index is 0.0667. The number of fused-ring (bicyclic) bond motifs is 1. The smallest absolute Gasteiger partial charge is 0.254 e. The number of nitrogens with zero attached hydrogens (tertiary/aromatic N) is 4. The fraction of sp³-hybridized carbons (Fsp3) is 0.286. The van der Waals surface area contributed by atoms with Gasteiger partial charge in [0.05, 0.1) is 5.56 Å². The van der Waals surface area contributed by atoms with Crippen LogP contribution in [0.4, 0.5) is 5.69 Å². The van der Waals surface area contributed by atoms with Crippen LogP contribution in [0.25, 0.3) is 33.3 Å². The van der Waals surface area contributed by atoms with Gasteiger partial charge in [-0.05, 0) is 55.0 Å². The predicted molar refractivity (Wildman–Crippen MR) is 136 cm³/mol. The summed E-state index contributed by atoms with van der Waals surface area (Å²) in [6, 6.07) is 12.2. The molecule has 7 heteroatoms. The van der Waals surface area contributed by atoms with Crippen LogP contribution in [-0.4, -0.2) is 52.3 Å². The molecule has 2 aliphatic rings. The molecule has 2 fully saturated rings. The van der Waals surface area contributed by atoms with Crippen LogP contribution in [0.3, 0.4) is 0 Å². The fourth-order valence-electron chi connectivity index (χ4n) is 4.94. The number of anilines is 1. The van der Waals surface area contributed by atoms with Crippen LogP contribution in [0.15, 0.2) is 55.0 Å². The van der Waals surface area contributed by atoms with E-state index < -0.39 is 0 Å². The average molecular weight is 466 g/mol. The molecule has 1 aromatic carbocycles. The molecule has 1 aliphatic carbocycles. The van der Waals surface area contributed by atoms with Crippen molar-refractivity contribution in [3.05, 3.63) is 66.2 Å². The maximum Gasteiger partial charge on any atom is 0.254 e. The first-order chi connectivity index (χ1) is 17.0. The molecule has 1 saturated carbocycles. The van der Waals surface area contributed by atoms with E-state index in [2.05, 4.69) is 21.0 Å². The van der Waals surface area contributed by atoms with Crippen molar-refractivity contribution in [2.24, 2.45) is 0 Å².